The molecule has 1 heterocycles. The van der Waals surface area contributed by atoms with Crippen LogP contribution in [0.15, 0.2) is 29.3 Å². The SMILES string of the molecule is CCNC(=NCC(O)COc1cccc(C)c1)N1CCN(C(C)C(F)(F)F)CC1. The highest BCUT2D eigenvalue weighted by Gasteiger charge is 2.41. The fourth-order valence-corrected chi connectivity index (χ4v) is 3.10. The van der Waals surface area contributed by atoms with Crippen molar-refractivity contribution in [3.8, 4) is 5.75 Å². The number of piperazine rings is 1. The largest absolute Gasteiger partial charge is 0.491 e. The number of nitrogens with one attached hydrogen (secondary N) is 1. The first-order chi connectivity index (χ1) is 13.7. The van der Waals surface area contributed by atoms with E-state index in [4.69, 9.17) is 4.74 Å². The zero-order chi connectivity index (χ0) is 21.4. The van der Waals surface area contributed by atoms with Gasteiger partial charge in [0.25, 0.3) is 0 Å². The maximum atomic E-state index is 12.9. The number of aryl methyl sites for hydroxylation is 1. The van der Waals surface area contributed by atoms with Crippen LogP contribution in [0.2, 0.25) is 0 Å². The minimum Gasteiger partial charge on any atom is -0.491 e. The molecule has 0 amide bonds. The summed E-state index contributed by atoms with van der Waals surface area (Å²) >= 11 is 0. The average Bonchev–Trinajstić information content (AvgIpc) is 2.68. The van der Waals surface area contributed by atoms with E-state index < -0.39 is 18.3 Å². The first kappa shape index (κ1) is 23.3. The standard InChI is InChI=1S/C20H31F3N4O2/c1-4-24-19(27-10-8-26(9-11-27)16(3)20(21,22)23)25-13-17(28)14-29-18-7-5-6-15(2)12-18/h5-7,12,16-17,28H,4,8-11,13-14H2,1-3H3,(H,24,25). The van der Waals surface area contributed by atoms with Gasteiger partial charge in [0.15, 0.2) is 5.96 Å². The van der Waals surface area contributed by atoms with E-state index in [-0.39, 0.29) is 13.2 Å². The lowest BCUT2D eigenvalue weighted by molar-refractivity contribution is -0.181. The van der Waals surface area contributed by atoms with Crippen LogP contribution >= 0.6 is 0 Å². The Labute approximate surface area is 170 Å². The van der Waals surface area contributed by atoms with Crippen molar-refractivity contribution in [1.29, 1.82) is 0 Å². The van der Waals surface area contributed by atoms with E-state index in [9.17, 15) is 18.3 Å². The Morgan fingerprint density at radius 3 is 2.55 bits per heavy atom. The van der Waals surface area contributed by atoms with Gasteiger partial charge in [-0.3, -0.25) is 9.89 Å². The van der Waals surface area contributed by atoms with Gasteiger partial charge in [-0.1, -0.05) is 12.1 Å². The van der Waals surface area contributed by atoms with Crippen LogP contribution in [0.5, 0.6) is 5.75 Å². The highest BCUT2D eigenvalue weighted by atomic mass is 19.4. The van der Waals surface area contributed by atoms with E-state index in [1.54, 1.807) is 0 Å². The molecular weight excluding hydrogens is 385 g/mol. The van der Waals surface area contributed by atoms with Crippen molar-refractivity contribution >= 4 is 5.96 Å². The molecule has 1 aliphatic rings. The van der Waals surface area contributed by atoms with Gasteiger partial charge in [-0.05, 0) is 38.5 Å². The van der Waals surface area contributed by atoms with Gasteiger partial charge in [-0.25, -0.2) is 0 Å². The van der Waals surface area contributed by atoms with E-state index in [1.165, 1.54) is 11.8 Å². The second kappa shape index (κ2) is 10.7. The Morgan fingerprint density at radius 2 is 1.97 bits per heavy atom. The monoisotopic (exact) mass is 416 g/mol. The minimum atomic E-state index is -4.22. The molecule has 0 aliphatic carbocycles. The molecule has 1 aliphatic heterocycles. The van der Waals surface area contributed by atoms with Crippen LogP contribution < -0.4 is 10.1 Å². The van der Waals surface area contributed by atoms with E-state index in [0.29, 0.717) is 44.4 Å². The van der Waals surface area contributed by atoms with Crippen molar-refractivity contribution in [2.45, 2.75) is 39.1 Å². The molecule has 1 aromatic carbocycles. The summed E-state index contributed by atoms with van der Waals surface area (Å²) in [6.07, 6.45) is -5.00. The third kappa shape index (κ3) is 7.40. The second-order valence-electron chi connectivity index (χ2n) is 7.22. The van der Waals surface area contributed by atoms with Crippen molar-refractivity contribution < 1.29 is 23.0 Å². The molecule has 2 N–H and O–H groups in total. The third-order valence-corrected chi connectivity index (χ3v) is 4.85. The summed E-state index contributed by atoms with van der Waals surface area (Å²) < 4.78 is 44.3. The Hall–Kier alpha value is -2.00. The first-order valence-corrected chi connectivity index (χ1v) is 9.92. The highest BCUT2D eigenvalue weighted by molar-refractivity contribution is 5.80. The number of ether oxygens (including phenoxy) is 1. The normalized spacial score (nSPS) is 18.4. The van der Waals surface area contributed by atoms with E-state index >= 15 is 0 Å². The van der Waals surface area contributed by atoms with Crippen molar-refractivity contribution in [2.24, 2.45) is 4.99 Å². The number of aliphatic hydroxyl groups is 1. The zero-order valence-electron chi connectivity index (χ0n) is 17.2. The van der Waals surface area contributed by atoms with Crippen LogP contribution in [-0.4, -0.2) is 85.1 Å². The summed E-state index contributed by atoms with van der Waals surface area (Å²) in [5.74, 6) is 1.29. The van der Waals surface area contributed by atoms with Gasteiger partial charge in [-0.2, -0.15) is 13.2 Å². The summed E-state index contributed by atoms with van der Waals surface area (Å²) in [5.41, 5.74) is 1.07. The fourth-order valence-electron chi connectivity index (χ4n) is 3.10. The van der Waals surface area contributed by atoms with Gasteiger partial charge in [0, 0.05) is 32.7 Å². The quantitative estimate of drug-likeness (QED) is 0.528. The molecule has 6 nitrogen and oxygen atoms in total. The third-order valence-electron chi connectivity index (χ3n) is 4.85. The minimum absolute atomic E-state index is 0.114. The highest BCUT2D eigenvalue weighted by Crippen LogP contribution is 2.25. The van der Waals surface area contributed by atoms with Crippen LogP contribution in [0.1, 0.15) is 19.4 Å². The van der Waals surface area contributed by atoms with Crippen LogP contribution in [-0.2, 0) is 0 Å². The van der Waals surface area contributed by atoms with Crippen molar-refractivity contribution in [2.75, 3.05) is 45.9 Å². The molecule has 0 radical (unpaired) electrons. The van der Waals surface area contributed by atoms with Crippen LogP contribution in [0.3, 0.4) is 0 Å². The predicted octanol–water partition coefficient (Wildman–Crippen LogP) is 2.27. The van der Waals surface area contributed by atoms with Gasteiger partial charge in [0.2, 0.25) is 0 Å². The average molecular weight is 416 g/mol. The molecule has 1 fully saturated rings. The molecule has 2 atom stereocenters. The number of benzene rings is 1. The number of aliphatic imine (C=N–C) groups is 1. The molecule has 2 rings (SSSR count). The summed E-state index contributed by atoms with van der Waals surface area (Å²) in [6.45, 7) is 7.49. The van der Waals surface area contributed by atoms with Crippen molar-refractivity contribution in [1.82, 2.24) is 15.1 Å². The number of hydrogen-bond acceptors (Lipinski definition) is 4. The van der Waals surface area contributed by atoms with Crippen LogP contribution in [0.25, 0.3) is 0 Å². The first-order valence-electron chi connectivity index (χ1n) is 9.92. The number of nitrogens with zero attached hydrogens (tertiary/aromatic N) is 3. The summed E-state index contributed by atoms with van der Waals surface area (Å²) in [6, 6.07) is 6.11. The lowest BCUT2D eigenvalue weighted by Crippen LogP contribution is -2.56. The lowest BCUT2D eigenvalue weighted by atomic mass is 10.2. The molecular formula is C20H31F3N4O2. The van der Waals surface area contributed by atoms with E-state index in [0.717, 1.165) is 5.56 Å². The molecule has 29 heavy (non-hydrogen) atoms. The molecule has 0 bridgehead atoms. The number of rotatable bonds is 7. The number of alkyl halides is 3. The van der Waals surface area contributed by atoms with Gasteiger partial charge in [-0.15, -0.1) is 0 Å². The van der Waals surface area contributed by atoms with Gasteiger partial charge >= 0.3 is 6.18 Å². The van der Waals surface area contributed by atoms with Gasteiger partial charge < -0.3 is 20.1 Å². The smallest absolute Gasteiger partial charge is 0.403 e. The maximum Gasteiger partial charge on any atom is 0.403 e. The number of hydrogen-bond donors (Lipinski definition) is 2. The summed E-state index contributed by atoms with van der Waals surface area (Å²) in [7, 11) is 0. The molecule has 2 unspecified atom stereocenters. The van der Waals surface area contributed by atoms with Crippen LogP contribution in [0.4, 0.5) is 13.2 Å². The number of aliphatic hydroxyl groups excluding tert-OH is 1. The Morgan fingerprint density at radius 1 is 1.28 bits per heavy atom. The topological polar surface area (TPSA) is 60.3 Å². The number of halogens is 3. The molecule has 0 aromatic heterocycles. The summed E-state index contributed by atoms with van der Waals surface area (Å²) in [5, 5.41) is 13.3. The second-order valence-corrected chi connectivity index (χ2v) is 7.22. The maximum absolute atomic E-state index is 12.9. The van der Waals surface area contributed by atoms with E-state index in [1.807, 2.05) is 43.0 Å². The Bertz CT molecular complexity index is 661. The zero-order valence-corrected chi connectivity index (χ0v) is 17.2. The fraction of sp³-hybridized carbons (Fsp3) is 0.650. The molecule has 164 valence electrons. The number of guanidine groups is 1. The van der Waals surface area contributed by atoms with Crippen molar-refractivity contribution in [3.05, 3.63) is 29.8 Å². The molecule has 9 heteroatoms. The van der Waals surface area contributed by atoms with E-state index in [2.05, 4.69) is 10.3 Å². The Balaban J connectivity index is 1.86. The van der Waals surface area contributed by atoms with Crippen LogP contribution in [0, 0.1) is 6.92 Å². The van der Waals surface area contributed by atoms with Gasteiger partial charge in [0.1, 0.15) is 24.5 Å². The summed E-state index contributed by atoms with van der Waals surface area (Å²) in [4.78, 5) is 7.81. The van der Waals surface area contributed by atoms with Crippen molar-refractivity contribution in [3.63, 3.8) is 0 Å². The molecule has 0 spiro atoms. The van der Waals surface area contributed by atoms with Gasteiger partial charge in [0.05, 0.1) is 6.54 Å². The lowest BCUT2D eigenvalue weighted by Gasteiger charge is -2.39. The Kier molecular flexibility index (Phi) is 8.58. The molecule has 1 aromatic rings. The molecule has 0 saturated carbocycles. The molecule has 1 saturated heterocycles. The predicted molar refractivity (Wildman–Crippen MR) is 107 cm³/mol.